The third kappa shape index (κ3) is 2.77. The lowest BCUT2D eigenvalue weighted by Crippen LogP contribution is -2.38. The number of hydrogen-bond acceptors (Lipinski definition) is 6. The Balaban J connectivity index is 1.47. The Kier molecular flexibility index (Phi) is 3.70. The summed E-state index contributed by atoms with van der Waals surface area (Å²) in [4.78, 5) is 18.6. The summed E-state index contributed by atoms with van der Waals surface area (Å²) in [5.74, 6) is 1.48. The van der Waals surface area contributed by atoms with Crippen molar-refractivity contribution in [3.05, 3.63) is 65.6 Å². The quantitative estimate of drug-likeness (QED) is 0.541. The molecule has 0 N–H and O–H groups in total. The molecule has 5 heterocycles. The molecule has 0 amide bonds. The maximum atomic E-state index is 12.4. The summed E-state index contributed by atoms with van der Waals surface area (Å²) in [6, 6.07) is 9.24. The van der Waals surface area contributed by atoms with Crippen molar-refractivity contribution in [1.29, 1.82) is 0 Å². The fraction of sp³-hybridized carbons (Fsp3) is 0.278. The predicted molar refractivity (Wildman–Crippen MR) is 99.0 cm³/mol. The van der Waals surface area contributed by atoms with Crippen molar-refractivity contribution in [2.24, 2.45) is 0 Å². The van der Waals surface area contributed by atoms with Gasteiger partial charge in [0, 0.05) is 31.2 Å². The van der Waals surface area contributed by atoms with Crippen LogP contribution in [0, 0.1) is 0 Å². The van der Waals surface area contributed by atoms with E-state index in [0.717, 1.165) is 31.0 Å². The zero-order valence-corrected chi connectivity index (χ0v) is 14.6. The first-order valence-corrected chi connectivity index (χ1v) is 8.92. The van der Waals surface area contributed by atoms with Gasteiger partial charge in [-0.2, -0.15) is 5.10 Å². The van der Waals surface area contributed by atoms with E-state index in [1.54, 1.807) is 35.4 Å². The molecule has 136 valence electrons. The normalized spacial score (nSPS) is 17.0. The van der Waals surface area contributed by atoms with Crippen LogP contribution in [0.5, 0.6) is 0 Å². The molecule has 9 heteroatoms. The van der Waals surface area contributed by atoms with Crippen LogP contribution in [-0.4, -0.2) is 46.5 Å². The van der Waals surface area contributed by atoms with Crippen LogP contribution in [0.15, 0.2) is 60.0 Å². The smallest absolute Gasteiger partial charge is 0.266 e. The second kappa shape index (κ2) is 6.35. The highest BCUT2D eigenvalue weighted by Crippen LogP contribution is 2.25. The average Bonchev–Trinajstić information content (AvgIpc) is 3.44. The molecule has 1 saturated heterocycles. The number of nitrogens with zero attached hydrogens (tertiary/aromatic N) is 8. The summed E-state index contributed by atoms with van der Waals surface area (Å²) >= 11 is 0. The largest absolute Gasteiger partial charge is 0.336 e. The first-order valence-electron chi connectivity index (χ1n) is 8.92. The van der Waals surface area contributed by atoms with Crippen LogP contribution >= 0.6 is 0 Å². The summed E-state index contributed by atoms with van der Waals surface area (Å²) in [6.07, 6.45) is 9.15. The van der Waals surface area contributed by atoms with E-state index in [9.17, 15) is 4.79 Å². The molecule has 1 aliphatic rings. The van der Waals surface area contributed by atoms with Crippen molar-refractivity contribution < 1.29 is 0 Å². The Hall–Kier alpha value is -3.49. The molecule has 9 nitrogen and oxygen atoms in total. The van der Waals surface area contributed by atoms with Gasteiger partial charge >= 0.3 is 0 Å². The molecule has 0 aliphatic carbocycles. The fourth-order valence-electron chi connectivity index (χ4n) is 3.61. The summed E-state index contributed by atoms with van der Waals surface area (Å²) in [6.45, 7) is 1.39. The molecule has 1 unspecified atom stereocenters. The van der Waals surface area contributed by atoms with Crippen LogP contribution in [0.4, 0.5) is 5.95 Å². The number of pyridine rings is 1. The minimum absolute atomic E-state index is 0.114. The van der Waals surface area contributed by atoms with Crippen molar-refractivity contribution in [3.8, 4) is 5.82 Å². The van der Waals surface area contributed by atoms with Crippen molar-refractivity contribution >= 4 is 11.6 Å². The molecule has 1 fully saturated rings. The van der Waals surface area contributed by atoms with Crippen LogP contribution in [0.2, 0.25) is 0 Å². The highest BCUT2D eigenvalue weighted by Gasteiger charge is 2.29. The molecule has 5 rings (SSSR count). The number of anilines is 1. The van der Waals surface area contributed by atoms with Gasteiger partial charge in [-0.15, -0.1) is 10.2 Å². The standard InChI is InChI=1S/C18H18N8O/c27-17-7-6-16(23-11-8-19-13-23)22-26(17)12-14-4-3-10-24(14)18-21-20-15-5-1-2-9-25(15)18/h1-2,5-9,11,13-14H,3-4,10,12H2. The zero-order chi connectivity index (χ0) is 18.2. The van der Waals surface area contributed by atoms with Gasteiger partial charge in [-0.05, 0) is 31.0 Å². The van der Waals surface area contributed by atoms with Crippen LogP contribution in [0.3, 0.4) is 0 Å². The number of fused-ring (bicyclic) bond motifs is 1. The number of aromatic nitrogens is 7. The summed E-state index contributed by atoms with van der Waals surface area (Å²) in [5, 5.41) is 13.1. The molecule has 4 aromatic heterocycles. The fourth-order valence-corrected chi connectivity index (χ4v) is 3.61. The van der Waals surface area contributed by atoms with Crippen molar-refractivity contribution in [2.75, 3.05) is 11.4 Å². The van der Waals surface area contributed by atoms with Crippen LogP contribution in [0.1, 0.15) is 12.8 Å². The molecule has 0 radical (unpaired) electrons. The number of rotatable bonds is 4. The second-order valence-electron chi connectivity index (χ2n) is 6.60. The zero-order valence-electron chi connectivity index (χ0n) is 14.6. The van der Waals surface area contributed by atoms with Gasteiger partial charge in [-0.3, -0.25) is 13.8 Å². The van der Waals surface area contributed by atoms with Crippen LogP contribution in [0.25, 0.3) is 11.5 Å². The van der Waals surface area contributed by atoms with Gasteiger partial charge in [0.15, 0.2) is 11.5 Å². The van der Waals surface area contributed by atoms with Gasteiger partial charge in [-0.25, -0.2) is 9.67 Å². The average molecular weight is 362 g/mol. The van der Waals surface area contributed by atoms with Crippen molar-refractivity contribution in [3.63, 3.8) is 0 Å². The Morgan fingerprint density at radius 1 is 1.11 bits per heavy atom. The van der Waals surface area contributed by atoms with Gasteiger partial charge in [0.25, 0.3) is 5.56 Å². The highest BCUT2D eigenvalue weighted by molar-refractivity contribution is 5.47. The van der Waals surface area contributed by atoms with E-state index in [1.807, 2.05) is 28.8 Å². The van der Waals surface area contributed by atoms with E-state index in [-0.39, 0.29) is 11.6 Å². The second-order valence-corrected chi connectivity index (χ2v) is 6.60. The molecule has 0 spiro atoms. The first-order chi connectivity index (χ1) is 13.3. The summed E-state index contributed by atoms with van der Waals surface area (Å²) in [7, 11) is 0. The van der Waals surface area contributed by atoms with E-state index in [4.69, 9.17) is 0 Å². The lowest BCUT2D eigenvalue weighted by molar-refractivity contribution is 0.482. The molecular weight excluding hydrogens is 344 g/mol. The van der Waals surface area contributed by atoms with E-state index < -0.39 is 0 Å². The van der Waals surface area contributed by atoms with Gasteiger partial charge in [-0.1, -0.05) is 6.07 Å². The van der Waals surface area contributed by atoms with E-state index in [0.29, 0.717) is 12.4 Å². The highest BCUT2D eigenvalue weighted by atomic mass is 16.1. The SMILES string of the molecule is O=c1ccc(-n2ccnc2)nn1CC1CCCN1c1nnc2ccccn12. The Bertz CT molecular complexity index is 1130. The Labute approximate surface area is 154 Å². The van der Waals surface area contributed by atoms with Gasteiger partial charge < -0.3 is 4.90 Å². The predicted octanol–water partition coefficient (Wildman–Crippen LogP) is 1.14. The minimum atomic E-state index is -0.114. The third-order valence-corrected chi connectivity index (χ3v) is 4.93. The third-order valence-electron chi connectivity index (χ3n) is 4.93. The minimum Gasteiger partial charge on any atom is -0.336 e. The number of hydrogen-bond donors (Lipinski definition) is 0. The summed E-state index contributed by atoms with van der Waals surface area (Å²) < 4.78 is 5.30. The molecular formula is C18H18N8O. The molecule has 0 aromatic carbocycles. The van der Waals surface area contributed by atoms with Gasteiger partial charge in [0.05, 0.1) is 12.6 Å². The molecule has 4 aromatic rings. The van der Waals surface area contributed by atoms with Crippen LogP contribution < -0.4 is 10.5 Å². The molecule has 27 heavy (non-hydrogen) atoms. The van der Waals surface area contributed by atoms with Gasteiger partial charge in [0.1, 0.15) is 6.33 Å². The van der Waals surface area contributed by atoms with E-state index in [1.165, 1.54) is 4.68 Å². The number of imidazole rings is 1. The Morgan fingerprint density at radius 2 is 2.07 bits per heavy atom. The first kappa shape index (κ1) is 15.7. The van der Waals surface area contributed by atoms with Crippen LogP contribution in [-0.2, 0) is 6.54 Å². The maximum Gasteiger partial charge on any atom is 0.266 e. The lowest BCUT2D eigenvalue weighted by Gasteiger charge is -2.24. The Morgan fingerprint density at radius 3 is 2.96 bits per heavy atom. The molecule has 1 atom stereocenters. The molecule has 0 bridgehead atoms. The topological polar surface area (TPSA) is 86.1 Å². The van der Waals surface area contributed by atoms with Crippen molar-refractivity contribution in [2.45, 2.75) is 25.4 Å². The maximum absolute atomic E-state index is 12.4. The van der Waals surface area contributed by atoms with E-state index >= 15 is 0 Å². The lowest BCUT2D eigenvalue weighted by atomic mass is 10.2. The monoisotopic (exact) mass is 362 g/mol. The summed E-state index contributed by atoms with van der Waals surface area (Å²) in [5.41, 5.74) is 0.701. The van der Waals surface area contributed by atoms with E-state index in [2.05, 4.69) is 25.2 Å². The van der Waals surface area contributed by atoms with Gasteiger partial charge in [0.2, 0.25) is 5.95 Å². The molecule has 0 saturated carbocycles. The molecule has 1 aliphatic heterocycles. The van der Waals surface area contributed by atoms with Crippen molar-refractivity contribution in [1.82, 2.24) is 33.9 Å².